The number of rotatable bonds is 6. The van der Waals surface area contributed by atoms with E-state index in [4.69, 9.17) is 9.47 Å². The summed E-state index contributed by atoms with van der Waals surface area (Å²) in [7, 11) is 0. The van der Waals surface area contributed by atoms with Crippen molar-refractivity contribution in [2.24, 2.45) is 0 Å². The monoisotopic (exact) mass is 327 g/mol. The number of pyridine rings is 1. The van der Waals surface area contributed by atoms with Crippen molar-refractivity contribution < 1.29 is 14.3 Å². The van der Waals surface area contributed by atoms with E-state index in [0.717, 1.165) is 17.9 Å². The number of para-hydroxylation sites is 1. The van der Waals surface area contributed by atoms with Gasteiger partial charge in [-0.05, 0) is 17.7 Å². The molecule has 0 aliphatic carbocycles. The highest BCUT2D eigenvalue weighted by molar-refractivity contribution is 5.76. The molecule has 126 valence electrons. The summed E-state index contributed by atoms with van der Waals surface area (Å²) in [6.45, 7) is 2.54. The summed E-state index contributed by atoms with van der Waals surface area (Å²) < 4.78 is 11.0. The van der Waals surface area contributed by atoms with Gasteiger partial charge in [0.15, 0.2) is 0 Å². The third kappa shape index (κ3) is 5.04. The van der Waals surface area contributed by atoms with Gasteiger partial charge in [-0.3, -0.25) is 4.79 Å². The predicted octanol–water partition coefficient (Wildman–Crippen LogP) is 1.87. The van der Waals surface area contributed by atoms with Gasteiger partial charge in [-0.25, -0.2) is 4.98 Å². The zero-order valence-corrected chi connectivity index (χ0v) is 13.4. The maximum absolute atomic E-state index is 11.9. The van der Waals surface area contributed by atoms with Gasteiger partial charge in [0.05, 0.1) is 13.2 Å². The summed E-state index contributed by atoms with van der Waals surface area (Å²) in [4.78, 5) is 16.2. The number of hydrogen-bond acceptors (Lipinski definition) is 5. The summed E-state index contributed by atoms with van der Waals surface area (Å²) in [5.74, 6) is 1.27. The summed E-state index contributed by atoms with van der Waals surface area (Å²) >= 11 is 0. The highest BCUT2D eigenvalue weighted by Gasteiger charge is 2.16. The van der Waals surface area contributed by atoms with Crippen molar-refractivity contribution in [2.75, 3.05) is 19.8 Å². The minimum Gasteiger partial charge on any atom is -0.439 e. The molecule has 0 saturated carbocycles. The minimum absolute atomic E-state index is 0.00242. The lowest BCUT2D eigenvalue weighted by Crippen LogP contribution is -2.44. The van der Waals surface area contributed by atoms with E-state index in [1.807, 2.05) is 36.4 Å². The quantitative estimate of drug-likeness (QED) is 0.847. The van der Waals surface area contributed by atoms with E-state index < -0.39 is 0 Å². The van der Waals surface area contributed by atoms with Crippen LogP contribution in [0.3, 0.4) is 0 Å². The standard InChI is InChI=1S/C18H21N3O3/c22-17(10-15-13-23-9-8-19-15)20-11-14-6-7-18(21-12-14)24-16-4-2-1-3-5-16/h1-7,12,15,19H,8-11,13H2,(H,20,22). The molecule has 24 heavy (non-hydrogen) atoms. The van der Waals surface area contributed by atoms with Crippen LogP contribution in [0.4, 0.5) is 0 Å². The van der Waals surface area contributed by atoms with E-state index in [1.165, 1.54) is 0 Å². The second kappa shape index (κ2) is 8.42. The molecule has 1 atom stereocenters. The Morgan fingerprint density at radius 1 is 1.29 bits per heavy atom. The number of benzene rings is 1. The van der Waals surface area contributed by atoms with Crippen LogP contribution in [0.5, 0.6) is 11.6 Å². The second-order valence-electron chi connectivity index (χ2n) is 5.63. The first-order chi connectivity index (χ1) is 11.8. The molecule has 2 heterocycles. The lowest BCUT2D eigenvalue weighted by molar-refractivity contribution is -0.122. The zero-order valence-electron chi connectivity index (χ0n) is 13.4. The molecule has 1 aromatic carbocycles. The first kappa shape index (κ1) is 16.4. The molecule has 1 unspecified atom stereocenters. The molecule has 0 bridgehead atoms. The van der Waals surface area contributed by atoms with Crippen molar-refractivity contribution in [1.82, 2.24) is 15.6 Å². The Balaban J connectivity index is 1.44. The minimum atomic E-state index is 0.00242. The molecule has 0 radical (unpaired) electrons. The summed E-state index contributed by atoms with van der Waals surface area (Å²) in [5.41, 5.74) is 0.927. The van der Waals surface area contributed by atoms with Gasteiger partial charge in [-0.2, -0.15) is 0 Å². The number of morpholine rings is 1. The number of nitrogens with zero attached hydrogens (tertiary/aromatic N) is 1. The van der Waals surface area contributed by atoms with E-state index >= 15 is 0 Å². The zero-order chi connectivity index (χ0) is 16.6. The fourth-order valence-corrected chi connectivity index (χ4v) is 2.43. The Morgan fingerprint density at radius 2 is 2.17 bits per heavy atom. The molecule has 3 rings (SSSR count). The summed E-state index contributed by atoms with van der Waals surface area (Å²) in [6.07, 6.45) is 2.13. The van der Waals surface area contributed by atoms with E-state index in [-0.39, 0.29) is 11.9 Å². The van der Waals surface area contributed by atoms with Crippen molar-refractivity contribution in [3.05, 3.63) is 54.2 Å². The van der Waals surface area contributed by atoms with Gasteiger partial charge in [0, 0.05) is 37.8 Å². The normalized spacial score (nSPS) is 17.2. The van der Waals surface area contributed by atoms with E-state index in [0.29, 0.717) is 32.1 Å². The third-order valence-electron chi connectivity index (χ3n) is 3.68. The largest absolute Gasteiger partial charge is 0.439 e. The maximum atomic E-state index is 11.9. The molecular weight excluding hydrogens is 306 g/mol. The Bertz CT molecular complexity index is 640. The van der Waals surface area contributed by atoms with Crippen molar-refractivity contribution in [2.45, 2.75) is 19.0 Å². The first-order valence-corrected chi connectivity index (χ1v) is 8.05. The molecule has 2 N–H and O–H groups in total. The first-order valence-electron chi connectivity index (χ1n) is 8.05. The predicted molar refractivity (Wildman–Crippen MR) is 89.8 cm³/mol. The Morgan fingerprint density at radius 3 is 2.88 bits per heavy atom. The van der Waals surface area contributed by atoms with E-state index in [1.54, 1.807) is 12.3 Å². The van der Waals surface area contributed by atoms with Crippen LogP contribution >= 0.6 is 0 Å². The Labute approximate surface area is 141 Å². The Kier molecular flexibility index (Phi) is 5.76. The molecule has 1 aliphatic rings. The van der Waals surface area contributed by atoms with Crippen LogP contribution in [-0.4, -0.2) is 36.7 Å². The average Bonchev–Trinajstić information content (AvgIpc) is 2.63. The number of nitrogens with one attached hydrogen (secondary N) is 2. The molecule has 1 aromatic heterocycles. The molecule has 6 heteroatoms. The van der Waals surface area contributed by atoms with Gasteiger partial charge >= 0.3 is 0 Å². The number of hydrogen-bond donors (Lipinski definition) is 2. The summed E-state index contributed by atoms with van der Waals surface area (Å²) in [6, 6.07) is 13.3. The number of ether oxygens (including phenoxy) is 2. The van der Waals surface area contributed by atoms with Crippen LogP contribution in [0.1, 0.15) is 12.0 Å². The Hall–Kier alpha value is -2.44. The molecule has 6 nitrogen and oxygen atoms in total. The van der Waals surface area contributed by atoms with Gasteiger partial charge < -0.3 is 20.1 Å². The van der Waals surface area contributed by atoms with Gasteiger partial charge in [-0.1, -0.05) is 24.3 Å². The number of amides is 1. The topological polar surface area (TPSA) is 72.5 Å². The molecule has 1 fully saturated rings. The fraction of sp³-hybridized carbons (Fsp3) is 0.333. The number of carbonyl (C=O) groups is 1. The summed E-state index contributed by atoms with van der Waals surface area (Å²) in [5, 5.41) is 6.16. The van der Waals surface area contributed by atoms with E-state index in [2.05, 4.69) is 15.6 Å². The van der Waals surface area contributed by atoms with Crippen LogP contribution in [0.15, 0.2) is 48.7 Å². The van der Waals surface area contributed by atoms with Crippen LogP contribution in [0.25, 0.3) is 0 Å². The third-order valence-corrected chi connectivity index (χ3v) is 3.68. The van der Waals surface area contributed by atoms with Gasteiger partial charge in [0.2, 0.25) is 11.8 Å². The van der Waals surface area contributed by atoms with Gasteiger partial charge in [0.1, 0.15) is 5.75 Å². The molecule has 0 spiro atoms. The van der Waals surface area contributed by atoms with Crippen molar-refractivity contribution in [3.63, 3.8) is 0 Å². The van der Waals surface area contributed by atoms with Crippen molar-refractivity contribution in [1.29, 1.82) is 0 Å². The fourth-order valence-electron chi connectivity index (χ4n) is 2.43. The molecule has 1 amide bonds. The smallest absolute Gasteiger partial charge is 0.221 e. The van der Waals surface area contributed by atoms with Crippen LogP contribution in [0.2, 0.25) is 0 Å². The van der Waals surface area contributed by atoms with Crippen LogP contribution in [-0.2, 0) is 16.1 Å². The molecule has 2 aromatic rings. The SMILES string of the molecule is O=C(CC1COCCN1)NCc1ccc(Oc2ccccc2)nc1. The lowest BCUT2D eigenvalue weighted by atomic mass is 10.2. The average molecular weight is 327 g/mol. The van der Waals surface area contributed by atoms with Crippen LogP contribution < -0.4 is 15.4 Å². The van der Waals surface area contributed by atoms with Crippen molar-refractivity contribution >= 4 is 5.91 Å². The van der Waals surface area contributed by atoms with Crippen LogP contribution in [0, 0.1) is 0 Å². The molecule has 1 aliphatic heterocycles. The van der Waals surface area contributed by atoms with Crippen molar-refractivity contribution in [3.8, 4) is 11.6 Å². The maximum Gasteiger partial charge on any atom is 0.221 e. The van der Waals surface area contributed by atoms with Gasteiger partial charge in [0.25, 0.3) is 0 Å². The van der Waals surface area contributed by atoms with E-state index in [9.17, 15) is 4.79 Å². The second-order valence-corrected chi connectivity index (χ2v) is 5.63. The van der Waals surface area contributed by atoms with Gasteiger partial charge in [-0.15, -0.1) is 0 Å². The highest BCUT2D eigenvalue weighted by Crippen LogP contribution is 2.18. The number of aromatic nitrogens is 1. The number of carbonyl (C=O) groups excluding carboxylic acids is 1. The molecule has 1 saturated heterocycles. The molecular formula is C18H21N3O3. The lowest BCUT2D eigenvalue weighted by Gasteiger charge is -2.23. The highest BCUT2D eigenvalue weighted by atomic mass is 16.5.